The molecule has 1 aromatic carbocycles. The highest BCUT2D eigenvalue weighted by atomic mass is 127. The maximum atomic E-state index is 11.8. The van der Waals surface area contributed by atoms with Crippen molar-refractivity contribution in [1.82, 2.24) is 0 Å². The molecule has 96 valence electrons. The smallest absolute Gasteiger partial charge is 0.332 e. The van der Waals surface area contributed by atoms with Gasteiger partial charge < -0.3 is 15.2 Å². The molecule has 1 amide bonds. The largest absolute Gasteiger partial charge is 0.479 e. The second-order valence-corrected chi connectivity index (χ2v) is 5.27. The molecule has 18 heavy (non-hydrogen) atoms. The van der Waals surface area contributed by atoms with E-state index in [1.54, 1.807) is 12.1 Å². The van der Waals surface area contributed by atoms with Crippen molar-refractivity contribution >= 4 is 40.2 Å². The highest BCUT2D eigenvalue weighted by Crippen LogP contribution is 2.21. The van der Waals surface area contributed by atoms with Gasteiger partial charge in [0.2, 0.25) is 0 Å². The molecule has 1 fully saturated rings. The van der Waals surface area contributed by atoms with E-state index in [1.165, 1.54) is 0 Å². The molecule has 6 heteroatoms. The number of carboxylic acids is 1. The number of hydrogen-bond donors (Lipinski definition) is 2. The highest BCUT2D eigenvalue weighted by Gasteiger charge is 2.34. The zero-order valence-electron chi connectivity index (χ0n) is 9.43. The number of carbonyl (C=O) groups excluding carboxylic acids is 1. The first-order chi connectivity index (χ1) is 8.56. The third-order valence-electron chi connectivity index (χ3n) is 2.70. The Morgan fingerprint density at radius 1 is 1.22 bits per heavy atom. The third kappa shape index (κ3) is 3.20. The van der Waals surface area contributed by atoms with E-state index in [0.717, 1.165) is 3.57 Å². The molecular formula is C12H12INO4. The summed E-state index contributed by atoms with van der Waals surface area (Å²) >= 11 is 2.18. The summed E-state index contributed by atoms with van der Waals surface area (Å²) < 4.78 is 6.24. The summed E-state index contributed by atoms with van der Waals surface area (Å²) in [6.07, 6.45) is -0.726. The molecule has 1 aliphatic heterocycles. The molecule has 1 aliphatic rings. The number of hydrogen-bond acceptors (Lipinski definition) is 3. The summed E-state index contributed by atoms with van der Waals surface area (Å²) in [4.78, 5) is 22.5. The lowest BCUT2D eigenvalue weighted by Gasteiger charge is -2.11. The standard InChI is InChI=1S/C12H12INO4/c13-7-1-3-8(4-2-7)14-11(15)9-5-6-10(18-9)12(16)17/h1-4,9-10H,5-6H2,(H,14,15)(H,16,17)/t9-,10+/m0/s1. The van der Waals surface area contributed by atoms with E-state index in [1.807, 2.05) is 12.1 Å². The lowest BCUT2D eigenvalue weighted by Crippen LogP contribution is -2.29. The topological polar surface area (TPSA) is 75.6 Å². The Balaban J connectivity index is 1.93. The fourth-order valence-corrected chi connectivity index (χ4v) is 2.13. The van der Waals surface area contributed by atoms with E-state index in [2.05, 4.69) is 27.9 Å². The summed E-state index contributed by atoms with van der Waals surface area (Å²) in [5, 5.41) is 11.5. The zero-order chi connectivity index (χ0) is 13.1. The molecule has 2 atom stereocenters. The van der Waals surface area contributed by atoms with Gasteiger partial charge in [-0.05, 0) is 59.7 Å². The molecule has 1 aromatic rings. The summed E-state index contributed by atoms with van der Waals surface area (Å²) in [7, 11) is 0. The molecular weight excluding hydrogens is 349 g/mol. The van der Waals surface area contributed by atoms with E-state index in [9.17, 15) is 9.59 Å². The maximum absolute atomic E-state index is 11.8. The molecule has 0 saturated carbocycles. The normalized spacial score (nSPS) is 22.7. The van der Waals surface area contributed by atoms with Gasteiger partial charge in [-0.25, -0.2) is 4.79 Å². The number of halogens is 1. The molecule has 0 aromatic heterocycles. The van der Waals surface area contributed by atoms with Gasteiger partial charge in [0.15, 0.2) is 6.10 Å². The van der Waals surface area contributed by atoms with Crippen LogP contribution in [0.4, 0.5) is 5.69 Å². The first kappa shape index (κ1) is 13.3. The molecule has 2 N–H and O–H groups in total. The number of amides is 1. The highest BCUT2D eigenvalue weighted by molar-refractivity contribution is 14.1. The Labute approximate surface area is 118 Å². The second-order valence-electron chi connectivity index (χ2n) is 4.03. The van der Waals surface area contributed by atoms with Crippen LogP contribution in [0.1, 0.15) is 12.8 Å². The number of ether oxygens (including phenoxy) is 1. The van der Waals surface area contributed by atoms with Gasteiger partial charge in [0.25, 0.3) is 5.91 Å². The van der Waals surface area contributed by atoms with E-state index >= 15 is 0 Å². The molecule has 5 nitrogen and oxygen atoms in total. The van der Waals surface area contributed by atoms with Crippen molar-refractivity contribution in [2.75, 3.05) is 5.32 Å². The van der Waals surface area contributed by atoms with Crippen LogP contribution < -0.4 is 5.32 Å². The maximum Gasteiger partial charge on any atom is 0.332 e. The van der Waals surface area contributed by atoms with Gasteiger partial charge in [-0.2, -0.15) is 0 Å². The summed E-state index contributed by atoms with van der Waals surface area (Å²) in [5.74, 6) is -1.31. The van der Waals surface area contributed by atoms with Crippen molar-refractivity contribution < 1.29 is 19.4 Å². The number of benzene rings is 1. The predicted molar refractivity (Wildman–Crippen MR) is 73.3 cm³/mol. The van der Waals surface area contributed by atoms with Crippen molar-refractivity contribution in [3.8, 4) is 0 Å². The van der Waals surface area contributed by atoms with Gasteiger partial charge >= 0.3 is 5.97 Å². The van der Waals surface area contributed by atoms with Gasteiger partial charge in [0, 0.05) is 9.26 Å². The van der Waals surface area contributed by atoms with Crippen LogP contribution in [0.5, 0.6) is 0 Å². The summed E-state index contributed by atoms with van der Waals surface area (Å²) in [6.45, 7) is 0. The first-order valence-electron chi connectivity index (χ1n) is 5.51. The number of nitrogens with one attached hydrogen (secondary N) is 1. The van der Waals surface area contributed by atoms with Crippen LogP contribution in [0, 0.1) is 3.57 Å². The van der Waals surface area contributed by atoms with Crippen LogP contribution >= 0.6 is 22.6 Å². The molecule has 1 heterocycles. The van der Waals surface area contributed by atoms with Crippen molar-refractivity contribution in [3.05, 3.63) is 27.8 Å². The van der Waals surface area contributed by atoms with E-state index in [4.69, 9.17) is 9.84 Å². The van der Waals surface area contributed by atoms with Crippen LogP contribution in [-0.4, -0.2) is 29.2 Å². The minimum Gasteiger partial charge on any atom is -0.479 e. The molecule has 0 aliphatic carbocycles. The van der Waals surface area contributed by atoms with E-state index < -0.39 is 18.2 Å². The lowest BCUT2D eigenvalue weighted by atomic mass is 10.2. The van der Waals surface area contributed by atoms with Crippen LogP contribution in [0.25, 0.3) is 0 Å². The Bertz CT molecular complexity index is 460. The Morgan fingerprint density at radius 2 is 1.83 bits per heavy atom. The fourth-order valence-electron chi connectivity index (χ4n) is 1.77. The summed E-state index contributed by atoms with van der Waals surface area (Å²) in [6, 6.07) is 7.35. The van der Waals surface area contributed by atoms with Crippen molar-refractivity contribution in [2.24, 2.45) is 0 Å². The van der Waals surface area contributed by atoms with Gasteiger partial charge in [-0.15, -0.1) is 0 Å². The predicted octanol–water partition coefficient (Wildman–Crippen LogP) is 1.86. The van der Waals surface area contributed by atoms with Crippen LogP contribution in [0.3, 0.4) is 0 Å². The first-order valence-corrected chi connectivity index (χ1v) is 6.59. The van der Waals surface area contributed by atoms with E-state index in [0.29, 0.717) is 18.5 Å². The Morgan fingerprint density at radius 3 is 2.39 bits per heavy atom. The van der Waals surface area contributed by atoms with E-state index in [-0.39, 0.29) is 5.91 Å². The lowest BCUT2D eigenvalue weighted by molar-refractivity contribution is -0.150. The van der Waals surface area contributed by atoms with Gasteiger partial charge in [-0.1, -0.05) is 0 Å². The molecule has 0 bridgehead atoms. The average Bonchev–Trinajstić information content (AvgIpc) is 2.81. The average molecular weight is 361 g/mol. The minimum absolute atomic E-state index is 0.292. The number of anilines is 1. The zero-order valence-corrected chi connectivity index (χ0v) is 11.6. The molecule has 1 saturated heterocycles. The monoisotopic (exact) mass is 361 g/mol. The van der Waals surface area contributed by atoms with Crippen molar-refractivity contribution in [3.63, 3.8) is 0 Å². The molecule has 0 spiro atoms. The van der Waals surface area contributed by atoms with Gasteiger partial charge in [0.05, 0.1) is 0 Å². The van der Waals surface area contributed by atoms with Crippen molar-refractivity contribution in [2.45, 2.75) is 25.0 Å². The van der Waals surface area contributed by atoms with Crippen LogP contribution in [0.15, 0.2) is 24.3 Å². The van der Waals surface area contributed by atoms with Crippen LogP contribution in [0.2, 0.25) is 0 Å². The number of carboxylic acid groups (broad SMARTS) is 1. The molecule has 2 rings (SSSR count). The quantitative estimate of drug-likeness (QED) is 0.806. The van der Waals surface area contributed by atoms with Crippen LogP contribution in [-0.2, 0) is 14.3 Å². The minimum atomic E-state index is -1.01. The van der Waals surface area contributed by atoms with Gasteiger partial charge in [-0.3, -0.25) is 4.79 Å². The van der Waals surface area contributed by atoms with Gasteiger partial charge in [0.1, 0.15) is 6.10 Å². The second kappa shape index (κ2) is 5.66. The number of carbonyl (C=O) groups is 2. The summed E-state index contributed by atoms with van der Waals surface area (Å²) in [5.41, 5.74) is 0.683. The fraction of sp³-hybridized carbons (Fsp3) is 0.333. The third-order valence-corrected chi connectivity index (χ3v) is 3.42. The molecule has 0 unspecified atom stereocenters. The number of rotatable bonds is 3. The number of aliphatic carboxylic acids is 1. The Kier molecular flexibility index (Phi) is 4.18. The molecule has 0 radical (unpaired) electrons. The SMILES string of the molecule is O=C(Nc1ccc(I)cc1)[C@@H]1CC[C@H](C(=O)O)O1. The van der Waals surface area contributed by atoms with Crippen molar-refractivity contribution in [1.29, 1.82) is 0 Å². The Hall–Kier alpha value is -1.15.